The van der Waals surface area contributed by atoms with Gasteiger partial charge < -0.3 is 10.9 Å². The summed E-state index contributed by atoms with van der Waals surface area (Å²) in [4.78, 5) is 2.44. The van der Waals surface area contributed by atoms with Crippen molar-refractivity contribution in [3.8, 4) is 0 Å². The lowest BCUT2D eigenvalue weighted by Crippen LogP contribution is -2.37. The summed E-state index contributed by atoms with van der Waals surface area (Å²) >= 11 is 6.28. The summed E-state index contributed by atoms with van der Waals surface area (Å²) in [5.41, 5.74) is 7.49. The standard InChI is InChI=1S/C14H20ClN3O/c1-14(2)6-3-7-18(14)9-11-5-4-10(8-12(11)15)13(16)17-19/h4-5,8,19H,3,6-7,9H2,1-2H3,(H2,16,17). The fraction of sp³-hybridized carbons (Fsp3) is 0.500. The minimum atomic E-state index is 0.0787. The minimum absolute atomic E-state index is 0.0787. The van der Waals surface area contributed by atoms with Crippen molar-refractivity contribution in [2.45, 2.75) is 38.8 Å². The second kappa shape index (κ2) is 5.39. The zero-order chi connectivity index (χ0) is 14.0. The summed E-state index contributed by atoms with van der Waals surface area (Å²) in [7, 11) is 0. The first-order valence-corrected chi connectivity index (χ1v) is 6.83. The van der Waals surface area contributed by atoms with Crippen LogP contribution >= 0.6 is 11.6 Å². The molecule has 1 aliphatic heterocycles. The molecule has 0 aromatic heterocycles. The minimum Gasteiger partial charge on any atom is -0.409 e. The highest BCUT2D eigenvalue weighted by Gasteiger charge is 2.31. The molecule has 1 aromatic carbocycles. The Labute approximate surface area is 118 Å². The largest absolute Gasteiger partial charge is 0.409 e. The van der Waals surface area contributed by atoms with Crippen LogP contribution in [0.4, 0.5) is 0 Å². The Morgan fingerprint density at radius 2 is 2.26 bits per heavy atom. The van der Waals surface area contributed by atoms with Crippen molar-refractivity contribution >= 4 is 17.4 Å². The third kappa shape index (κ3) is 3.01. The molecule has 1 aromatic rings. The van der Waals surface area contributed by atoms with Crippen molar-refractivity contribution in [1.82, 2.24) is 4.90 Å². The predicted octanol–water partition coefficient (Wildman–Crippen LogP) is 2.81. The Hall–Kier alpha value is -1.26. The molecule has 0 spiro atoms. The number of rotatable bonds is 3. The summed E-state index contributed by atoms with van der Waals surface area (Å²) in [5, 5.41) is 12.3. The van der Waals surface area contributed by atoms with E-state index in [0.717, 1.165) is 18.7 Å². The second-order valence-corrected chi connectivity index (χ2v) is 6.04. The van der Waals surface area contributed by atoms with E-state index >= 15 is 0 Å². The molecule has 1 aliphatic rings. The van der Waals surface area contributed by atoms with E-state index in [0.29, 0.717) is 10.6 Å². The normalized spacial score (nSPS) is 19.8. The Morgan fingerprint density at radius 1 is 1.53 bits per heavy atom. The van der Waals surface area contributed by atoms with Crippen LogP contribution in [-0.2, 0) is 6.54 Å². The predicted molar refractivity (Wildman–Crippen MR) is 77.7 cm³/mol. The van der Waals surface area contributed by atoms with E-state index in [1.165, 1.54) is 12.8 Å². The van der Waals surface area contributed by atoms with E-state index in [2.05, 4.69) is 23.9 Å². The molecule has 104 valence electrons. The number of benzene rings is 1. The Balaban J connectivity index is 2.18. The fourth-order valence-electron chi connectivity index (χ4n) is 2.55. The molecular weight excluding hydrogens is 262 g/mol. The number of hydrogen-bond donors (Lipinski definition) is 2. The molecule has 1 saturated heterocycles. The molecule has 1 fully saturated rings. The molecule has 5 heteroatoms. The summed E-state index contributed by atoms with van der Waals surface area (Å²) in [5.74, 6) is 0.0787. The van der Waals surface area contributed by atoms with Crippen LogP contribution in [0.25, 0.3) is 0 Å². The molecule has 0 radical (unpaired) electrons. The molecule has 3 N–H and O–H groups in total. The average molecular weight is 282 g/mol. The first kappa shape index (κ1) is 14.2. The fourth-order valence-corrected chi connectivity index (χ4v) is 2.79. The van der Waals surface area contributed by atoms with Gasteiger partial charge in [0.2, 0.25) is 0 Å². The summed E-state index contributed by atoms with van der Waals surface area (Å²) in [6.07, 6.45) is 2.44. The molecule has 0 amide bonds. The Morgan fingerprint density at radius 3 is 2.79 bits per heavy atom. The van der Waals surface area contributed by atoms with Crippen LogP contribution in [0.1, 0.15) is 37.8 Å². The highest BCUT2D eigenvalue weighted by Crippen LogP contribution is 2.31. The van der Waals surface area contributed by atoms with Gasteiger partial charge in [-0.1, -0.05) is 28.9 Å². The molecule has 0 saturated carbocycles. The van der Waals surface area contributed by atoms with Gasteiger partial charge in [-0.2, -0.15) is 0 Å². The lowest BCUT2D eigenvalue weighted by Gasteiger charge is -2.31. The first-order valence-electron chi connectivity index (χ1n) is 6.45. The van der Waals surface area contributed by atoms with Gasteiger partial charge in [0.25, 0.3) is 0 Å². The van der Waals surface area contributed by atoms with Crippen molar-refractivity contribution < 1.29 is 5.21 Å². The second-order valence-electron chi connectivity index (χ2n) is 5.63. The molecule has 0 aliphatic carbocycles. The van der Waals surface area contributed by atoms with Gasteiger partial charge in [-0.25, -0.2) is 0 Å². The molecule has 0 unspecified atom stereocenters. The third-order valence-electron chi connectivity index (χ3n) is 3.89. The number of nitrogens with zero attached hydrogens (tertiary/aromatic N) is 2. The van der Waals surface area contributed by atoms with Gasteiger partial charge in [-0.05, 0) is 44.9 Å². The zero-order valence-electron chi connectivity index (χ0n) is 11.4. The van der Waals surface area contributed by atoms with Crippen LogP contribution in [0.3, 0.4) is 0 Å². The van der Waals surface area contributed by atoms with Crippen molar-refractivity contribution in [2.24, 2.45) is 10.9 Å². The van der Waals surface area contributed by atoms with E-state index in [1.54, 1.807) is 6.07 Å². The highest BCUT2D eigenvalue weighted by atomic mass is 35.5. The summed E-state index contributed by atoms with van der Waals surface area (Å²) < 4.78 is 0. The van der Waals surface area contributed by atoms with Gasteiger partial charge in [-0.15, -0.1) is 0 Å². The van der Waals surface area contributed by atoms with E-state index in [9.17, 15) is 0 Å². The van der Waals surface area contributed by atoms with Crippen LogP contribution in [0.5, 0.6) is 0 Å². The van der Waals surface area contributed by atoms with Crippen LogP contribution in [0.2, 0.25) is 5.02 Å². The van der Waals surface area contributed by atoms with Gasteiger partial charge in [0.05, 0.1) is 0 Å². The van der Waals surface area contributed by atoms with Gasteiger partial charge in [0.15, 0.2) is 5.84 Å². The van der Waals surface area contributed by atoms with Crippen molar-refractivity contribution in [3.05, 3.63) is 34.3 Å². The van der Waals surface area contributed by atoms with Gasteiger partial charge in [-0.3, -0.25) is 4.90 Å². The van der Waals surface area contributed by atoms with Gasteiger partial charge >= 0.3 is 0 Å². The topological polar surface area (TPSA) is 61.8 Å². The summed E-state index contributed by atoms with van der Waals surface area (Å²) in [6.45, 7) is 6.46. The van der Waals surface area contributed by atoms with E-state index in [-0.39, 0.29) is 11.4 Å². The summed E-state index contributed by atoms with van der Waals surface area (Å²) in [6, 6.07) is 5.53. The molecule has 19 heavy (non-hydrogen) atoms. The third-order valence-corrected chi connectivity index (χ3v) is 4.24. The molecule has 2 rings (SSSR count). The van der Waals surface area contributed by atoms with Crippen LogP contribution in [0, 0.1) is 0 Å². The molecule has 0 bridgehead atoms. The Bertz CT molecular complexity index is 499. The maximum absolute atomic E-state index is 8.66. The zero-order valence-corrected chi connectivity index (χ0v) is 12.1. The van der Waals surface area contributed by atoms with E-state index in [1.807, 2.05) is 12.1 Å². The Kier molecular flexibility index (Phi) is 4.02. The van der Waals surface area contributed by atoms with Crippen LogP contribution < -0.4 is 5.73 Å². The van der Waals surface area contributed by atoms with Crippen molar-refractivity contribution in [2.75, 3.05) is 6.54 Å². The molecule has 1 heterocycles. The smallest absolute Gasteiger partial charge is 0.170 e. The van der Waals surface area contributed by atoms with Gasteiger partial charge in [0.1, 0.15) is 0 Å². The number of oxime groups is 1. The molecule has 0 atom stereocenters. The van der Waals surface area contributed by atoms with E-state index < -0.39 is 0 Å². The number of likely N-dealkylation sites (tertiary alicyclic amines) is 1. The number of hydrogen-bond acceptors (Lipinski definition) is 3. The van der Waals surface area contributed by atoms with Crippen molar-refractivity contribution in [1.29, 1.82) is 0 Å². The van der Waals surface area contributed by atoms with Crippen LogP contribution in [-0.4, -0.2) is 28.0 Å². The van der Waals surface area contributed by atoms with E-state index in [4.69, 9.17) is 22.5 Å². The van der Waals surface area contributed by atoms with Crippen LogP contribution in [0.15, 0.2) is 23.4 Å². The first-order chi connectivity index (χ1) is 8.94. The lowest BCUT2D eigenvalue weighted by molar-refractivity contribution is 0.166. The number of halogens is 1. The number of nitrogens with two attached hydrogens (primary N) is 1. The lowest BCUT2D eigenvalue weighted by atomic mass is 10.0. The maximum atomic E-state index is 8.66. The quantitative estimate of drug-likeness (QED) is 0.388. The maximum Gasteiger partial charge on any atom is 0.170 e. The molecule has 4 nitrogen and oxygen atoms in total. The monoisotopic (exact) mass is 281 g/mol. The highest BCUT2D eigenvalue weighted by molar-refractivity contribution is 6.31. The average Bonchev–Trinajstić information content (AvgIpc) is 2.70. The van der Waals surface area contributed by atoms with Crippen molar-refractivity contribution in [3.63, 3.8) is 0 Å². The molecular formula is C14H20ClN3O. The number of amidine groups is 1. The van der Waals surface area contributed by atoms with Gasteiger partial charge in [0, 0.05) is 22.7 Å². The SMILES string of the molecule is CC1(C)CCCN1Cc1ccc(/C(N)=N/O)cc1Cl.